The minimum Gasteiger partial charge on any atom is -0.376 e. The van der Waals surface area contributed by atoms with Gasteiger partial charge in [0.25, 0.3) is 0 Å². The highest BCUT2D eigenvalue weighted by Crippen LogP contribution is 2.30. The van der Waals surface area contributed by atoms with Gasteiger partial charge in [0.15, 0.2) is 5.79 Å². The van der Waals surface area contributed by atoms with Crippen molar-refractivity contribution in [1.29, 1.82) is 0 Å². The highest BCUT2D eigenvalue weighted by molar-refractivity contribution is 5.74. The number of ether oxygens (including phenoxy) is 3. The first kappa shape index (κ1) is 12.2. The number of hydrogen-bond donors (Lipinski definition) is 1. The van der Waals surface area contributed by atoms with Gasteiger partial charge in [-0.15, -0.1) is 0 Å². The summed E-state index contributed by atoms with van der Waals surface area (Å²) in [5.41, 5.74) is 0. The van der Waals surface area contributed by atoms with Crippen LogP contribution in [-0.4, -0.2) is 62.3 Å². The van der Waals surface area contributed by atoms with E-state index in [1.807, 2.05) is 0 Å². The molecule has 0 saturated carbocycles. The summed E-state index contributed by atoms with van der Waals surface area (Å²) in [5, 5.41) is 2.92. The van der Waals surface area contributed by atoms with Crippen LogP contribution < -0.4 is 5.32 Å². The van der Waals surface area contributed by atoms with Gasteiger partial charge in [0, 0.05) is 26.1 Å². The molecule has 3 aliphatic heterocycles. The number of rotatable bonds is 2. The van der Waals surface area contributed by atoms with Crippen molar-refractivity contribution in [2.75, 3.05) is 39.5 Å². The Hall–Kier alpha value is -0.850. The standard InChI is InChI=1S/C12H20N2O4/c15-11(13-8-10-2-1-5-16-10)14-4-3-12(9-14)17-6-7-18-12/h10H,1-9H2,(H,13,15). The predicted molar refractivity (Wildman–Crippen MR) is 63.2 cm³/mol. The lowest BCUT2D eigenvalue weighted by Gasteiger charge is -2.23. The average molecular weight is 256 g/mol. The Morgan fingerprint density at radius 3 is 2.89 bits per heavy atom. The summed E-state index contributed by atoms with van der Waals surface area (Å²) in [7, 11) is 0. The van der Waals surface area contributed by atoms with Crippen LogP contribution in [-0.2, 0) is 14.2 Å². The first-order valence-electron chi connectivity index (χ1n) is 6.70. The molecule has 0 aromatic heterocycles. The second-order valence-corrected chi connectivity index (χ2v) is 5.10. The van der Waals surface area contributed by atoms with Gasteiger partial charge in [-0.25, -0.2) is 4.79 Å². The molecule has 1 atom stereocenters. The Labute approximate surface area is 107 Å². The molecule has 1 spiro atoms. The molecular weight excluding hydrogens is 236 g/mol. The molecule has 3 fully saturated rings. The summed E-state index contributed by atoms with van der Waals surface area (Å²) in [6.07, 6.45) is 3.08. The first-order chi connectivity index (χ1) is 8.77. The van der Waals surface area contributed by atoms with E-state index < -0.39 is 5.79 Å². The molecule has 6 heteroatoms. The van der Waals surface area contributed by atoms with Gasteiger partial charge in [0.2, 0.25) is 0 Å². The van der Waals surface area contributed by atoms with Gasteiger partial charge in [-0.3, -0.25) is 0 Å². The molecule has 3 aliphatic rings. The highest BCUT2D eigenvalue weighted by Gasteiger charge is 2.44. The maximum absolute atomic E-state index is 12.0. The van der Waals surface area contributed by atoms with E-state index in [0.29, 0.717) is 32.8 Å². The quantitative estimate of drug-likeness (QED) is 0.773. The summed E-state index contributed by atoms with van der Waals surface area (Å²) in [5.74, 6) is -0.527. The largest absolute Gasteiger partial charge is 0.376 e. The number of carbonyl (C=O) groups is 1. The topological polar surface area (TPSA) is 60.0 Å². The molecule has 18 heavy (non-hydrogen) atoms. The third-order valence-corrected chi connectivity index (χ3v) is 3.80. The molecule has 2 amide bonds. The number of urea groups is 1. The lowest BCUT2D eigenvalue weighted by atomic mass is 10.2. The van der Waals surface area contributed by atoms with Crippen LogP contribution in [0.1, 0.15) is 19.3 Å². The third kappa shape index (κ3) is 2.46. The third-order valence-electron chi connectivity index (χ3n) is 3.80. The summed E-state index contributed by atoms with van der Waals surface area (Å²) in [6.45, 7) is 3.90. The van der Waals surface area contributed by atoms with Gasteiger partial charge in [-0.2, -0.15) is 0 Å². The zero-order chi connectivity index (χ0) is 12.4. The molecule has 6 nitrogen and oxygen atoms in total. The van der Waals surface area contributed by atoms with Crippen LogP contribution >= 0.6 is 0 Å². The van der Waals surface area contributed by atoms with Crippen molar-refractivity contribution in [3.63, 3.8) is 0 Å². The van der Waals surface area contributed by atoms with Crippen molar-refractivity contribution in [3.05, 3.63) is 0 Å². The Kier molecular flexibility index (Phi) is 3.41. The molecule has 0 bridgehead atoms. The first-order valence-corrected chi connectivity index (χ1v) is 6.70. The van der Waals surface area contributed by atoms with E-state index in [-0.39, 0.29) is 12.1 Å². The molecule has 1 N–H and O–H groups in total. The average Bonchev–Trinajstić information content (AvgIpc) is 3.10. The van der Waals surface area contributed by atoms with Crippen molar-refractivity contribution < 1.29 is 19.0 Å². The van der Waals surface area contributed by atoms with Crippen LogP contribution in [0.15, 0.2) is 0 Å². The Balaban J connectivity index is 1.45. The van der Waals surface area contributed by atoms with E-state index in [0.717, 1.165) is 25.9 Å². The summed E-state index contributed by atoms with van der Waals surface area (Å²) >= 11 is 0. The van der Waals surface area contributed by atoms with Crippen LogP contribution in [0.3, 0.4) is 0 Å². The van der Waals surface area contributed by atoms with E-state index in [1.54, 1.807) is 4.90 Å². The zero-order valence-corrected chi connectivity index (χ0v) is 10.5. The molecule has 3 saturated heterocycles. The van der Waals surface area contributed by atoms with E-state index >= 15 is 0 Å². The van der Waals surface area contributed by atoms with E-state index in [1.165, 1.54) is 0 Å². The van der Waals surface area contributed by atoms with Crippen molar-refractivity contribution in [1.82, 2.24) is 10.2 Å². The number of nitrogens with zero attached hydrogens (tertiary/aromatic N) is 1. The minimum absolute atomic E-state index is 0.0403. The van der Waals surface area contributed by atoms with Gasteiger partial charge >= 0.3 is 6.03 Å². The molecule has 0 aromatic rings. The second-order valence-electron chi connectivity index (χ2n) is 5.10. The van der Waals surface area contributed by atoms with Crippen molar-refractivity contribution in [2.45, 2.75) is 31.2 Å². The smallest absolute Gasteiger partial charge is 0.317 e. The van der Waals surface area contributed by atoms with Crippen molar-refractivity contribution in [2.24, 2.45) is 0 Å². The SMILES string of the molecule is O=C(NCC1CCCO1)N1CCC2(C1)OCCO2. The lowest BCUT2D eigenvalue weighted by molar-refractivity contribution is -0.143. The molecule has 0 aliphatic carbocycles. The monoisotopic (exact) mass is 256 g/mol. The summed E-state index contributed by atoms with van der Waals surface area (Å²) in [6, 6.07) is -0.0403. The molecule has 0 aromatic carbocycles. The molecule has 3 heterocycles. The molecular formula is C12H20N2O4. The fourth-order valence-corrected chi connectivity index (χ4v) is 2.78. The van der Waals surface area contributed by atoms with Crippen LogP contribution in [0.5, 0.6) is 0 Å². The second kappa shape index (κ2) is 5.03. The van der Waals surface area contributed by atoms with Crippen molar-refractivity contribution >= 4 is 6.03 Å². The Morgan fingerprint density at radius 2 is 2.17 bits per heavy atom. The van der Waals surface area contributed by atoms with E-state index in [2.05, 4.69) is 5.32 Å². The van der Waals surface area contributed by atoms with Gasteiger partial charge in [0.05, 0.1) is 25.9 Å². The van der Waals surface area contributed by atoms with Crippen LogP contribution in [0.2, 0.25) is 0 Å². The number of amides is 2. The van der Waals surface area contributed by atoms with Gasteiger partial charge < -0.3 is 24.4 Å². The highest BCUT2D eigenvalue weighted by atomic mass is 16.7. The van der Waals surface area contributed by atoms with Gasteiger partial charge in [-0.1, -0.05) is 0 Å². The predicted octanol–water partition coefficient (Wildman–Crippen LogP) is 0.324. The van der Waals surface area contributed by atoms with Crippen molar-refractivity contribution in [3.8, 4) is 0 Å². The summed E-state index contributed by atoms with van der Waals surface area (Å²) < 4.78 is 16.7. The Morgan fingerprint density at radius 1 is 1.33 bits per heavy atom. The molecule has 3 rings (SSSR count). The number of hydrogen-bond acceptors (Lipinski definition) is 4. The number of nitrogens with one attached hydrogen (secondary N) is 1. The number of likely N-dealkylation sites (tertiary alicyclic amines) is 1. The zero-order valence-electron chi connectivity index (χ0n) is 10.5. The molecule has 0 radical (unpaired) electrons. The van der Waals surface area contributed by atoms with Crippen LogP contribution in [0.25, 0.3) is 0 Å². The van der Waals surface area contributed by atoms with Gasteiger partial charge in [-0.05, 0) is 12.8 Å². The van der Waals surface area contributed by atoms with E-state index in [4.69, 9.17) is 14.2 Å². The lowest BCUT2D eigenvalue weighted by Crippen LogP contribution is -2.44. The maximum Gasteiger partial charge on any atom is 0.317 e. The fourth-order valence-electron chi connectivity index (χ4n) is 2.78. The number of carbonyl (C=O) groups excluding carboxylic acids is 1. The summed E-state index contributed by atoms with van der Waals surface area (Å²) in [4.78, 5) is 13.8. The van der Waals surface area contributed by atoms with E-state index in [9.17, 15) is 4.79 Å². The molecule has 1 unspecified atom stereocenters. The van der Waals surface area contributed by atoms with Crippen LogP contribution in [0.4, 0.5) is 4.79 Å². The minimum atomic E-state index is -0.527. The Bertz CT molecular complexity index is 311. The van der Waals surface area contributed by atoms with Crippen LogP contribution in [0, 0.1) is 0 Å². The fraction of sp³-hybridized carbons (Fsp3) is 0.917. The maximum atomic E-state index is 12.0. The normalized spacial score (nSPS) is 30.2. The molecule has 102 valence electrons. The van der Waals surface area contributed by atoms with Gasteiger partial charge in [0.1, 0.15) is 0 Å².